The zero-order valence-electron chi connectivity index (χ0n) is 17.9. The van der Waals surface area contributed by atoms with Gasteiger partial charge in [0.1, 0.15) is 0 Å². The molecule has 0 saturated heterocycles. The molecular weight excluding hydrogens is 470 g/mol. The summed E-state index contributed by atoms with van der Waals surface area (Å²) in [5, 5.41) is 10.6. The molecule has 8 heteroatoms. The summed E-state index contributed by atoms with van der Waals surface area (Å²) in [6.45, 7) is 3.63. The number of nitrogens with one attached hydrogen (secondary N) is 2. The first-order valence-corrected chi connectivity index (χ1v) is 10.9. The molecule has 0 atom stereocenters. The molecule has 4 aromatic rings. The lowest BCUT2D eigenvalue weighted by Crippen LogP contribution is -2.33. The molecule has 0 radical (unpaired) electrons. The van der Waals surface area contributed by atoms with Gasteiger partial charge in [0.25, 0.3) is 5.91 Å². The summed E-state index contributed by atoms with van der Waals surface area (Å²) in [6.07, 6.45) is 0. The molecule has 0 aliphatic rings. The van der Waals surface area contributed by atoms with Crippen LogP contribution in [0, 0.1) is 13.8 Å². The Balaban J connectivity index is 1.58. The first-order chi connectivity index (χ1) is 15.3. The van der Waals surface area contributed by atoms with E-state index < -0.39 is 0 Å². The van der Waals surface area contributed by atoms with Crippen molar-refractivity contribution in [1.29, 1.82) is 0 Å². The second kappa shape index (κ2) is 8.92. The zero-order chi connectivity index (χ0) is 22.8. The monoisotopic (exact) mass is 491 g/mol. The highest BCUT2D eigenvalue weighted by Crippen LogP contribution is 2.26. The Morgan fingerprint density at radius 3 is 2.53 bits per heavy atom. The first-order valence-electron chi connectivity index (χ1n) is 10.1. The Morgan fingerprint density at radius 1 is 1.06 bits per heavy atom. The Bertz CT molecular complexity index is 1330. The molecule has 0 spiro atoms. The topological polar surface area (TPSA) is 88.9 Å². The van der Waals surface area contributed by atoms with Gasteiger partial charge >= 0.3 is 0 Å². The lowest BCUT2D eigenvalue weighted by atomic mass is 10.0. The number of nitrogens with zero attached hydrogens (tertiary/aromatic N) is 3. The van der Waals surface area contributed by atoms with E-state index in [9.17, 15) is 9.59 Å². The number of rotatable bonds is 5. The quantitative estimate of drug-likeness (QED) is 0.433. The van der Waals surface area contributed by atoms with Gasteiger partial charge in [-0.25, -0.2) is 4.98 Å². The summed E-state index contributed by atoms with van der Waals surface area (Å²) in [4.78, 5) is 30.2. The molecule has 0 aliphatic carbocycles. The van der Waals surface area contributed by atoms with Crippen molar-refractivity contribution in [2.24, 2.45) is 7.05 Å². The number of hydrogen-bond donors (Lipinski definition) is 2. The van der Waals surface area contributed by atoms with Crippen molar-refractivity contribution in [3.63, 3.8) is 0 Å². The van der Waals surface area contributed by atoms with E-state index in [-0.39, 0.29) is 18.4 Å². The highest BCUT2D eigenvalue weighted by Gasteiger charge is 2.19. The lowest BCUT2D eigenvalue weighted by Gasteiger charge is -2.10. The van der Waals surface area contributed by atoms with E-state index >= 15 is 0 Å². The molecule has 7 nitrogen and oxygen atoms in total. The molecule has 2 aromatic heterocycles. The van der Waals surface area contributed by atoms with Crippen LogP contribution in [0.5, 0.6) is 0 Å². The molecule has 2 heterocycles. The Kier molecular flexibility index (Phi) is 6.05. The smallest absolute Gasteiger partial charge is 0.252 e. The molecule has 32 heavy (non-hydrogen) atoms. The van der Waals surface area contributed by atoms with Crippen LogP contribution in [0.15, 0.2) is 59.1 Å². The normalized spacial score (nSPS) is 10.9. The molecule has 2 amide bonds. The highest BCUT2D eigenvalue weighted by molar-refractivity contribution is 9.10. The largest absolute Gasteiger partial charge is 0.343 e. The summed E-state index contributed by atoms with van der Waals surface area (Å²) in [5.74, 6) is -0.663. The predicted molar refractivity (Wildman–Crippen MR) is 129 cm³/mol. The molecular formula is C24H22BrN5O2. The van der Waals surface area contributed by atoms with Gasteiger partial charge in [-0.1, -0.05) is 46.3 Å². The fourth-order valence-corrected chi connectivity index (χ4v) is 3.81. The highest BCUT2D eigenvalue weighted by atomic mass is 79.9. The summed E-state index contributed by atoms with van der Waals surface area (Å²) in [7, 11) is 1.80. The minimum absolute atomic E-state index is 0.155. The maximum absolute atomic E-state index is 13.1. The van der Waals surface area contributed by atoms with Crippen molar-refractivity contribution in [2.75, 3.05) is 11.9 Å². The minimum atomic E-state index is -0.354. The van der Waals surface area contributed by atoms with Crippen molar-refractivity contribution in [3.8, 4) is 11.3 Å². The fraction of sp³-hybridized carbons (Fsp3) is 0.167. The van der Waals surface area contributed by atoms with Gasteiger partial charge in [0, 0.05) is 22.8 Å². The van der Waals surface area contributed by atoms with Crippen molar-refractivity contribution in [3.05, 3.63) is 75.9 Å². The van der Waals surface area contributed by atoms with Crippen molar-refractivity contribution < 1.29 is 9.59 Å². The van der Waals surface area contributed by atoms with Crippen molar-refractivity contribution >= 4 is 44.5 Å². The van der Waals surface area contributed by atoms with Gasteiger partial charge in [0.05, 0.1) is 28.9 Å². The molecule has 2 aromatic carbocycles. The average Bonchev–Trinajstić information content (AvgIpc) is 3.08. The number of pyridine rings is 1. The van der Waals surface area contributed by atoms with Crippen LogP contribution in [-0.4, -0.2) is 33.1 Å². The molecule has 162 valence electrons. The molecule has 0 unspecified atom stereocenters. The predicted octanol–water partition coefficient (Wildman–Crippen LogP) is 4.38. The van der Waals surface area contributed by atoms with Gasteiger partial charge in [-0.2, -0.15) is 5.10 Å². The van der Waals surface area contributed by atoms with Crippen LogP contribution in [0.25, 0.3) is 22.3 Å². The van der Waals surface area contributed by atoms with Crippen molar-refractivity contribution in [1.82, 2.24) is 20.1 Å². The van der Waals surface area contributed by atoms with E-state index in [1.807, 2.05) is 56.3 Å². The van der Waals surface area contributed by atoms with Crippen molar-refractivity contribution in [2.45, 2.75) is 13.8 Å². The average molecular weight is 492 g/mol. The summed E-state index contributed by atoms with van der Waals surface area (Å²) < 4.78 is 2.63. The van der Waals surface area contributed by atoms with Gasteiger partial charge in [-0.15, -0.1) is 0 Å². The van der Waals surface area contributed by atoms with Crippen LogP contribution in [-0.2, 0) is 11.8 Å². The molecule has 0 saturated carbocycles. The second-order valence-electron chi connectivity index (χ2n) is 7.52. The van der Waals surface area contributed by atoms with E-state index in [0.29, 0.717) is 33.7 Å². The number of amides is 2. The molecule has 4 rings (SSSR count). The Hall–Kier alpha value is -3.52. The molecule has 0 bridgehead atoms. The van der Waals surface area contributed by atoms with E-state index in [4.69, 9.17) is 4.98 Å². The number of halogens is 1. The minimum Gasteiger partial charge on any atom is -0.343 e. The SMILES string of the molecule is Cc1cc(NC(=O)CNC(=O)c2cc(-c3ccccc3)nc3c2c(C)nn3C)ccc1Br. The number of fused-ring (bicyclic) bond motifs is 1. The van der Waals surface area contributed by atoms with E-state index in [0.717, 1.165) is 15.6 Å². The van der Waals surface area contributed by atoms with E-state index in [1.165, 1.54) is 0 Å². The maximum atomic E-state index is 13.1. The molecule has 2 N–H and O–H groups in total. The Morgan fingerprint density at radius 2 is 1.81 bits per heavy atom. The number of carbonyl (C=O) groups is 2. The number of benzene rings is 2. The number of aryl methyl sites for hydroxylation is 3. The number of hydrogen-bond acceptors (Lipinski definition) is 4. The number of anilines is 1. The first kappa shape index (κ1) is 21.7. The van der Waals surface area contributed by atoms with Crippen LogP contribution in [0.2, 0.25) is 0 Å². The van der Waals surface area contributed by atoms with Gasteiger partial charge in [-0.3, -0.25) is 14.3 Å². The van der Waals surface area contributed by atoms with Gasteiger partial charge in [-0.05, 0) is 43.7 Å². The van der Waals surface area contributed by atoms with Crippen LogP contribution in [0.4, 0.5) is 5.69 Å². The lowest BCUT2D eigenvalue weighted by molar-refractivity contribution is -0.115. The Labute approximate surface area is 194 Å². The van der Waals surface area contributed by atoms with Crippen LogP contribution < -0.4 is 10.6 Å². The zero-order valence-corrected chi connectivity index (χ0v) is 19.5. The second-order valence-corrected chi connectivity index (χ2v) is 8.38. The van der Waals surface area contributed by atoms with Crippen LogP contribution in [0.1, 0.15) is 21.6 Å². The molecule has 0 aliphatic heterocycles. The van der Waals surface area contributed by atoms with Gasteiger partial charge in [0.2, 0.25) is 5.91 Å². The third-order valence-electron chi connectivity index (χ3n) is 5.13. The number of carbonyl (C=O) groups excluding carboxylic acids is 2. The van der Waals surface area contributed by atoms with Gasteiger partial charge < -0.3 is 10.6 Å². The van der Waals surface area contributed by atoms with Gasteiger partial charge in [0.15, 0.2) is 5.65 Å². The molecule has 0 fully saturated rings. The van der Waals surface area contributed by atoms with E-state index in [1.54, 1.807) is 23.9 Å². The summed E-state index contributed by atoms with van der Waals surface area (Å²) >= 11 is 3.44. The fourth-order valence-electron chi connectivity index (χ4n) is 3.56. The third kappa shape index (κ3) is 4.40. The van der Waals surface area contributed by atoms with Crippen LogP contribution in [0.3, 0.4) is 0 Å². The summed E-state index contributed by atoms with van der Waals surface area (Å²) in [6, 6.07) is 16.9. The maximum Gasteiger partial charge on any atom is 0.252 e. The van der Waals surface area contributed by atoms with Crippen LogP contribution >= 0.6 is 15.9 Å². The number of aromatic nitrogens is 3. The standard InChI is InChI=1S/C24H22BrN5O2/c1-14-11-17(9-10-19(14)25)27-21(31)13-26-24(32)18-12-20(16-7-5-4-6-8-16)28-23-22(18)15(2)29-30(23)3/h4-12H,13H2,1-3H3,(H,26,32)(H,27,31). The summed E-state index contributed by atoms with van der Waals surface area (Å²) in [5.41, 5.74) is 4.99. The third-order valence-corrected chi connectivity index (χ3v) is 6.02. The van der Waals surface area contributed by atoms with E-state index in [2.05, 4.69) is 31.7 Å².